The predicted octanol–water partition coefficient (Wildman–Crippen LogP) is 4.52. The number of fused-ring (bicyclic) bond motifs is 1. The zero-order valence-electron chi connectivity index (χ0n) is 12.4. The molecule has 0 fully saturated rings. The van der Waals surface area contributed by atoms with E-state index in [0.717, 1.165) is 23.5 Å². The average Bonchev–Trinajstić information content (AvgIpc) is 2.55. The zero-order valence-corrected chi connectivity index (χ0v) is 14.7. The molecule has 3 aromatic rings. The van der Waals surface area contributed by atoms with Crippen molar-refractivity contribution in [2.24, 2.45) is 0 Å². The lowest BCUT2D eigenvalue weighted by Crippen LogP contribution is -2.06. The Hall–Kier alpha value is -1.49. The minimum absolute atomic E-state index is 0.0279. The Morgan fingerprint density at radius 3 is 2.36 bits per heavy atom. The summed E-state index contributed by atoms with van der Waals surface area (Å²) in [6, 6.07) is 11.8. The monoisotopic (exact) mass is 328 g/mol. The molecule has 0 aliphatic carbocycles. The van der Waals surface area contributed by atoms with Crippen molar-refractivity contribution in [1.82, 2.24) is 0 Å². The zero-order chi connectivity index (χ0) is 15.7. The number of benzene rings is 2. The lowest BCUT2D eigenvalue weighted by molar-refractivity contribution is 0.601. The summed E-state index contributed by atoms with van der Waals surface area (Å²) in [6.45, 7) is 2.03. The van der Waals surface area contributed by atoms with Crippen molar-refractivity contribution >= 4 is 29.4 Å². The fourth-order valence-corrected chi connectivity index (χ4v) is 3.48. The van der Waals surface area contributed by atoms with Crippen LogP contribution < -0.4 is 5.43 Å². The molecule has 1 aromatic heterocycles. The summed E-state index contributed by atoms with van der Waals surface area (Å²) in [4.78, 5) is 12.8. The topological polar surface area (TPSA) is 30.2 Å². The number of hydrogen-bond donors (Lipinski definition) is 0. The molecule has 22 heavy (non-hydrogen) atoms. The lowest BCUT2D eigenvalue weighted by Gasteiger charge is -2.10. The largest absolute Gasteiger partial charge is 0.463 e. The Morgan fingerprint density at radius 2 is 1.73 bits per heavy atom. The second kappa shape index (κ2) is 6.32. The number of aryl methyl sites for hydroxylation is 1. The highest BCUT2D eigenvalue weighted by Crippen LogP contribution is 2.27. The summed E-state index contributed by atoms with van der Waals surface area (Å²) in [7, 11) is 5.44. The third-order valence-electron chi connectivity index (χ3n) is 3.93. The normalized spacial score (nSPS) is 11.0. The average molecular weight is 328 g/mol. The van der Waals surface area contributed by atoms with Crippen molar-refractivity contribution in [3.05, 3.63) is 69.6 Å². The highest BCUT2D eigenvalue weighted by Gasteiger charge is 2.13. The molecule has 0 aliphatic rings. The van der Waals surface area contributed by atoms with Crippen molar-refractivity contribution in [3.63, 3.8) is 0 Å². The van der Waals surface area contributed by atoms with Crippen LogP contribution in [0.3, 0.4) is 0 Å². The first-order chi connectivity index (χ1) is 10.7. The van der Waals surface area contributed by atoms with Gasteiger partial charge in [-0.2, -0.15) is 0 Å². The highest BCUT2D eigenvalue weighted by molar-refractivity contribution is 7.16. The van der Waals surface area contributed by atoms with Crippen molar-refractivity contribution in [2.75, 3.05) is 0 Å². The first-order valence-electron chi connectivity index (χ1n) is 7.19. The first kappa shape index (κ1) is 15.4. The third-order valence-corrected chi connectivity index (χ3v) is 4.78. The van der Waals surface area contributed by atoms with Crippen LogP contribution in [0.1, 0.15) is 16.7 Å². The molecule has 0 amide bonds. The Morgan fingerprint density at radius 1 is 1.00 bits per heavy atom. The quantitative estimate of drug-likeness (QED) is 0.662. The van der Waals surface area contributed by atoms with E-state index in [9.17, 15) is 4.79 Å². The van der Waals surface area contributed by atoms with Crippen LogP contribution in [-0.2, 0) is 12.3 Å². The van der Waals surface area contributed by atoms with Crippen molar-refractivity contribution in [1.29, 1.82) is 0 Å². The minimum Gasteiger partial charge on any atom is -0.463 e. The molecular formula is C18H18O2P2. The molecule has 2 atom stereocenters. The van der Waals surface area contributed by atoms with E-state index in [1.165, 1.54) is 11.1 Å². The predicted molar refractivity (Wildman–Crippen MR) is 99.5 cm³/mol. The van der Waals surface area contributed by atoms with Gasteiger partial charge in [0.1, 0.15) is 11.8 Å². The van der Waals surface area contributed by atoms with Crippen LogP contribution in [0, 0.1) is 6.92 Å². The van der Waals surface area contributed by atoms with Gasteiger partial charge in [-0.25, -0.2) is 0 Å². The van der Waals surface area contributed by atoms with Crippen LogP contribution in [0.2, 0.25) is 0 Å². The van der Waals surface area contributed by atoms with E-state index in [0.29, 0.717) is 16.5 Å². The Labute approximate surface area is 134 Å². The van der Waals surface area contributed by atoms with Crippen LogP contribution in [0.4, 0.5) is 0 Å². The number of hydrogen-bond acceptors (Lipinski definition) is 2. The third kappa shape index (κ3) is 2.62. The highest BCUT2D eigenvalue weighted by atomic mass is 31.0. The van der Waals surface area contributed by atoms with E-state index in [1.807, 2.05) is 43.3 Å². The molecule has 0 saturated carbocycles. The smallest absolute Gasteiger partial charge is 0.200 e. The Bertz CT molecular complexity index is 880. The van der Waals surface area contributed by atoms with Gasteiger partial charge in [-0.3, -0.25) is 4.79 Å². The van der Waals surface area contributed by atoms with E-state index < -0.39 is 0 Å². The maximum atomic E-state index is 12.8. The molecule has 4 heteroatoms. The minimum atomic E-state index is 0.0279. The molecule has 0 N–H and O–H groups in total. The van der Waals surface area contributed by atoms with Gasteiger partial charge < -0.3 is 4.42 Å². The summed E-state index contributed by atoms with van der Waals surface area (Å²) in [5, 5.41) is 0.651. The van der Waals surface area contributed by atoms with E-state index in [2.05, 4.69) is 18.5 Å². The van der Waals surface area contributed by atoms with Crippen molar-refractivity contribution in [3.8, 4) is 11.1 Å². The Kier molecular flexibility index (Phi) is 4.43. The van der Waals surface area contributed by atoms with Crippen LogP contribution in [0.15, 0.2) is 51.9 Å². The molecule has 0 spiro atoms. The summed E-state index contributed by atoms with van der Waals surface area (Å²) in [5.41, 5.74) is 5.69. The van der Waals surface area contributed by atoms with Gasteiger partial charge in [0.05, 0.1) is 10.9 Å². The van der Waals surface area contributed by atoms with Gasteiger partial charge in [0.15, 0.2) is 5.43 Å². The molecule has 2 aromatic carbocycles. The molecule has 112 valence electrons. The van der Waals surface area contributed by atoms with Gasteiger partial charge in [0.25, 0.3) is 0 Å². The maximum Gasteiger partial charge on any atom is 0.200 e. The van der Waals surface area contributed by atoms with Crippen LogP contribution in [0.25, 0.3) is 22.1 Å². The van der Waals surface area contributed by atoms with Gasteiger partial charge in [0.2, 0.25) is 0 Å². The van der Waals surface area contributed by atoms with Gasteiger partial charge in [-0.05, 0) is 36.4 Å². The second-order valence-corrected chi connectivity index (χ2v) is 6.15. The molecule has 1 heterocycles. The van der Waals surface area contributed by atoms with E-state index in [1.54, 1.807) is 6.26 Å². The van der Waals surface area contributed by atoms with Gasteiger partial charge in [-0.1, -0.05) is 35.9 Å². The number of rotatable bonds is 3. The second-order valence-electron chi connectivity index (χ2n) is 5.33. The molecule has 0 bridgehead atoms. The van der Waals surface area contributed by atoms with Crippen LogP contribution >= 0.6 is 18.5 Å². The molecular weight excluding hydrogens is 310 g/mol. The fraction of sp³-hybridized carbons (Fsp3) is 0.167. The van der Waals surface area contributed by atoms with Crippen molar-refractivity contribution < 1.29 is 4.42 Å². The lowest BCUT2D eigenvalue weighted by atomic mass is 10.0. The van der Waals surface area contributed by atoms with E-state index in [4.69, 9.17) is 4.42 Å². The summed E-state index contributed by atoms with van der Waals surface area (Å²) >= 11 is 0. The van der Waals surface area contributed by atoms with Crippen LogP contribution in [-0.4, -0.2) is 0 Å². The van der Waals surface area contributed by atoms with Gasteiger partial charge in [0, 0.05) is 5.56 Å². The molecule has 3 rings (SSSR count). The summed E-state index contributed by atoms with van der Waals surface area (Å²) < 4.78 is 5.85. The van der Waals surface area contributed by atoms with Gasteiger partial charge >= 0.3 is 0 Å². The molecule has 2 unspecified atom stereocenters. The fourth-order valence-electron chi connectivity index (χ4n) is 2.65. The summed E-state index contributed by atoms with van der Waals surface area (Å²) in [6.07, 6.45) is 3.21. The molecule has 0 saturated heterocycles. The van der Waals surface area contributed by atoms with Crippen molar-refractivity contribution in [2.45, 2.75) is 19.2 Å². The molecule has 0 aliphatic heterocycles. The van der Waals surface area contributed by atoms with Gasteiger partial charge in [-0.15, -0.1) is 18.5 Å². The van der Waals surface area contributed by atoms with Crippen LogP contribution in [0.5, 0.6) is 0 Å². The SMILES string of the molecule is Cc1ccc(-c2coc3c(CP)c(CP)ccc3c2=O)cc1. The maximum absolute atomic E-state index is 12.8. The summed E-state index contributed by atoms with van der Waals surface area (Å²) in [5.74, 6) is 0. The standard InChI is InChI=1S/C18H18O2P2/c1-11-2-4-12(5-3-11)15-8-20-18-14(17(15)19)7-6-13(9-21)16(18)10-22/h2-8H,9-10,21-22H2,1H3. The van der Waals surface area contributed by atoms with E-state index in [-0.39, 0.29) is 5.43 Å². The Balaban J connectivity index is 2.27. The molecule has 2 nitrogen and oxygen atoms in total. The first-order valence-corrected chi connectivity index (χ1v) is 8.82. The molecule has 0 radical (unpaired) electrons. The van der Waals surface area contributed by atoms with E-state index >= 15 is 0 Å².